The SMILES string of the molecule is COc1cc2c(cc1O)CCN[C@@H]2C. The summed E-state index contributed by atoms with van der Waals surface area (Å²) in [6.45, 7) is 3.09. The number of phenolic OH excluding ortho intramolecular Hbond substituents is 1. The van der Waals surface area contributed by atoms with Crippen molar-refractivity contribution in [1.29, 1.82) is 0 Å². The molecule has 0 spiro atoms. The molecule has 3 heteroatoms. The fourth-order valence-corrected chi connectivity index (χ4v) is 1.94. The molecule has 0 unspecified atom stereocenters. The van der Waals surface area contributed by atoms with Gasteiger partial charge in [0.25, 0.3) is 0 Å². The van der Waals surface area contributed by atoms with Crippen LogP contribution in [0.1, 0.15) is 24.1 Å². The number of methoxy groups -OCH3 is 1. The summed E-state index contributed by atoms with van der Waals surface area (Å²) >= 11 is 0. The van der Waals surface area contributed by atoms with Crippen LogP contribution >= 0.6 is 0 Å². The van der Waals surface area contributed by atoms with E-state index in [2.05, 4.69) is 12.2 Å². The summed E-state index contributed by atoms with van der Waals surface area (Å²) in [6, 6.07) is 4.07. The zero-order valence-corrected chi connectivity index (χ0v) is 8.50. The molecule has 0 fully saturated rings. The standard InChI is InChI=1S/C11H15NO2/c1-7-9-6-11(14-2)10(13)5-8(9)3-4-12-7/h5-7,12-13H,3-4H2,1-2H3/t7-/m1/s1. The van der Waals surface area contributed by atoms with E-state index in [-0.39, 0.29) is 5.75 Å². The lowest BCUT2D eigenvalue weighted by Crippen LogP contribution is -2.27. The predicted molar refractivity (Wildman–Crippen MR) is 54.8 cm³/mol. The fourth-order valence-electron chi connectivity index (χ4n) is 1.94. The van der Waals surface area contributed by atoms with Crippen LogP contribution in [0.15, 0.2) is 12.1 Å². The highest BCUT2D eigenvalue weighted by molar-refractivity contribution is 5.48. The fraction of sp³-hybridized carbons (Fsp3) is 0.455. The van der Waals surface area contributed by atoms with E-state index in [9.17, 15) is 5.11 Å². The average molecular weight is 193 g/mol. The minimum atomic E-state index is 0.236. The molecule has 1 aromatic rings. The van der Waals surface area contributed by atoms with Gasteiger partial charge in [0.2, 0.25) is 0 Å². The third kappa shape index (κ3) is 1.44. The summed E-state index contributed by atoms with van der Waals surface area (Å²) in [5.74, 6) is 0.791. The van der Waals surface area contributed by atoms with E-state index in [0.717, 1.165) is 13.0 Å². The van der Waals surface area contributed by atoms with E-state index in [4.69, 9.17) is 4.74 Å². The van der Waals surface area contributed by atoms with Gasteiger partial charge in [0.15, 0.2) is 11.5 Å². The van der Waals surface area contributed by atoms with Gasteiger partial charge in [-0.15, -0.1) is 0 Å². The topological polar surface area (TPSA) is 41.5 Å². The number of nitrogens with one attached hydrogen (secondary N) is 1. The first kappa shape index (κ1) is 9.34. The van der Waals surface area contributed by atoms with Crippen LogP contribution in [0, 0.1) is 0 Å². The highest BCUT2D eigenvalue weighted by Crippen LogP contribution is 2.33. The maximum Gasteiger partial charge on any atom is 0.160 e. The number of fused-ring (bicyclic) bond motifs is 1. The number of hydrogen-bond donors (Lipinski definition) is 2. The van der Waals surface area contributed by atoms with Gasteiger partial charge in [0.1, 0.15) is 0 Å². The Balaban J connectivity index is 2.49. The molecule has 1 atom stereocenters. The number of aromatic hydroxyl groups is 1. The van der Waals surface area contributed by atoms with E-state index in [1.165, 1.54) is 11.1 Å². The van der Waals surface area contributed by atoms with Crippen molar-refractivity contribution in [2.75, 3.05) is 13.7 Å². The van der Waals surface area contributed by atoms with Crippen molar-refractivity contribution < 1.29 is 9.84 Å². The molecule has 3 nitrogen and oxygen atoms in total. The third-order valence-corrected chi connectivity index (χ3v) is 2.75. The van der Waals surface area contributed by atoms with Crippen LogP contribution in [-0.4, -0.2) is 18.8 Å². The van der Waals surface area contributed by atoms with E-state index >= 15 is 0 Å². The molecule has 0 saturated carbocycles. The molecule has 1 heterocycles. The normalized spacial score (nSPS) is 20.3. The van der Waals surface area contributed by atoms with Gasteiger partial charge < -0.3 is 15.2 Å². The third-order valence-electron chi connectivity index (χ3n) is 2.75. The molecule has 0 saturated heterocycles. The van der Waals surface area contributed by atoms with Gasteiger partial charge >= 0.3 is 0 Å². The van der Waals surface area contributed by atoms with Gasteiger partial charge in [-0.1, -0.05) is 0 Å². The average Bonchev–Trinajstić information content (AvgIpc) is 2.17. The number of hydrogen-bond acceptors (Lipinski definition) is 3. The predicted octanol–water partition coefficient (Wildman–Crippen LogP) is 1.61. The Bertz CT molecular complexity index is 349. The summed E-state index contributed by atoms with van der Waals surface area (Å²) < 4.78 is 5.08. The zero-order valence-electron chi connectivity index (χ0n) is 8.50. The molecule has 14 heavy (non-hydrogen) atoms. The lowest BCUT2D eigenvalue weighted by molar-refractivity contribution is 0.370. The minimum absolute atomic E-state index is 0.236. The molecule has 2 rings (SSSR count). The van der Waals surface area contributed by atoms with E-state index in [1.807, 2.05) is 12.1 Å². The lowest BCUT2D eigenvalue weighted by Gasteiger charge is -2.24. The molecule has 0 bridgehead atoms. The maximum atomic E-state index is 9.61. The number of phenols is 1. The Labute approximate surface area is 83.7 Å². The highest BCUT2D eigenvalue weighted by Gasteiger charge is 2.18. The molecule has 0 aromatic heterocycles. The van der Waals surface area contributed by atoms with Gasteiger partial charge in [0, 0.05) is 6.04 Å². The van der Waals surface area contributed by atoms with Gasteiger partial charge in [-0.3, -0.25) is 0 Å². The second-order valence-electron chi connectivity index (χ2n) is 3.65. The van der Waals surface area contributed by atoms with Gasteiger partial charge in [0.05, 0.1) is 7.11 Å². The van der Waals surface area contributed by atoms with Crippen LogP contribution in [0.5, 0.6) is 11.5 Å². The minimum Gasteiger partial charge on any atom is -0.504 e. The highest BCUT2D eigenvalue weighted by atomic mass is 16.5. The molecule has 1 aromatic carbocycles. The van der Waals surface area contributed by atoms with Crippen molar-refractivity contribution in [3.05, 3.63) is 23.3 Å². The first-order chi connectivity index (χ1) is 6.72. The Morgan fingerprint density at radius 3 is 3.00 bits per heavy atom. The molecule has 1 aliphatic heterocycles. The largest absolute Gasteiger partial charge is 0.504 e. The van der Waals surface area contributed by atoms with Gasteiger partial charge in [-0.25, -0.2) is 0 Å². The molecule has 0 radical (unpaired) electrons. The molecule has 2 N–H and O–H groups in total. The molecule has 0 aliphatic carbocycles. The number of benzene rings is 1. The van der Waals surface area contributed by atoms with Crippen LogP contribution in [0.2, 0.25) is 0 Å². The van der Waals surface area contributed by atoms with E-state index in [1.54, 1.807) is 7.11 Å². The molecule has 0 amide bonds. The monoisotopic (exact) mass is 193 g/mol. The van der Waals surface area contributed by atoms with Gasteiger partial charge in [-0.2, -0.15) is 0 Å². The van der Waals surface area contributed by atoms with Crippen LogP contribution in [0.3, 0.4) is 0 Å². The maximum absolute atomic E-state index is 9.61. The smallest absolute Gasteiger partial charge is 0.160 e. The Morgan fingerprint density at radius 2 is 2.29 bits per heavy atom. The van der Waals surface area contributed by atoms with Gasteiger partial charge in [-0.05, 0) is 43.1 Å². The van der Waals surface area contributed by atoms with Crippen LogP contribution in [0.25, 0.3) is 0 Å². The molecular formula is C11H15NO2. The second kappa shape index (κ2) is 3.50. The summed E-state index contributed by atoms with van der Waals surface area (Å²) in [6.07, 6.45) is 0.969. The van der Waals surface area contributed by atoms with Crippen LogP contribution in [0.4, 0.5) is 0 Å². The Morgan fingerprint density at radius 1 is 1.50 bits per heavy atom. The molecule has 76 valence electrons. The second-order valence-corrected chi connectivity index (χ2v) is 3.65. The van der Waals surface area contributed by atoms with Crippen LogP contribution < -0.4 is 10.1 Å². The first-order valence-corrected chi connectivity index (χ1v) is 4.85. The van der Waals surface area contributed by atoms with Crippen molar-refractivity contribution in [2.24, 2.45) is 0 Å². The zero-order chi connectivity index (χ0) is 10.1. The van der Waals surface area contributed by atoms with Crippen molar-refractivity contribution in [1.82, 2.24) is 5.32 Å². The number of ether oxygens (including phenoxy) is 1. The van der Waals surface area contributed by atoms with Crippen molar-refractivity contribution in [3.63, 3.8) is 0 Å². The van der Waals surface area contributed by atoms with Crippen molar-refractivity contribution in [3.8, 4) is 11.5 Å². The van der Waals surface area contributed by atoms with Crippen molar-refractivity contribution in [2.45, 2.75) is 19.4 Å². The first-order valence-electron chi connectivity index (χ1n) is 4.85. The van der Waals surface area contributed by atoms with Crippen molar-refractivity contribution >= 4 is 0 Å². The molecule has 1 aliphatic rings. The Hall–Kier alpha value is -1.22. The summed E-state index contributed by atoms with van der Waals surface area (Å²) in [5, 5.41) is 13.0. The molecular weight excluding hydrogens is 178 g/mol. The van der Waals surface area contributed by atoms with Crippen LogP contribution in [-0.2, 0) is 6.42 Å². The van der Waals surface area contributed by atoms with E-state index in [0.29, 0.717) is 11.8 Å². The lowest BCUT2D eigenvalue weighted by atomic mass is 9.95. The summed E-state index contributed by atoms with van der Waals surface area (Å²) in [5.41, 5.74) is 2.44. The Kier molecular flexibility index (Phi) is 2.33. The number of rotatable bonds is 1. The summed E-state index contributed by atoms with van der Waals surface area (Å²) in [7, 11) is 1.57. The van der Waals surface area contributed by atoms with E-state index < -0.39 is 0 Å². The summed E-state index contributed by atoms with van der Waals surface area (Å²) in [4.78, 5) is 0. The quantitative estimate of drug-likeness (QED) is 0.712.